The molecule has 4 unspecified atom stereocenters. The van der Waals surface area contributed by atoms with Crippen LogP contribution in [0.15, 0.2) is 30.3 Å². The Morgan fingerprint density at radius 1 is 0.953 bits per heavy atom. The van der Waals surface area contributed by atoms with Crippen molar-refractivity contribution in [2.45, 2.75) is 121 Å². The third-order valence-corrected chi connectivity index (χ3v) is 9.61. The van der Waals surface area contributed by atoms with Crippen LogP contribution in [0.5, 0.6) is 0 Å². The quantitative estimate of drug-likeness (QED) is 0.289. The Labute approximate surface area is 255 Å². The Kier molecular flexibility index (Phi) is 10.2. The van der Waals surface area contributed by atoms with Gasteiger partial charge < -0.3 is 26.6 Å². The molecular formula is C33H49N5O5. The van der Waals surface area contributed by atoms with E-state index in [0.29, 0.717) is 25.8 Å². The first-order valence-corrected chi connectivity index (χ1v) is 15.9. The molecule has 236 valence electrons. The Bertz CT molecular complexity index is 1190. The van der Waals surface area contributed by atoms with Crippen LogP contribution in [-0.2, 0) is 19.2 Å². The number of nitrogens with one attached hydrogen (secondary N) is 3. The highest BCUT2D eigenvalue weighted by molar-refractivity contribution is 6.37. The molecule has 1 heterocycles. The minimum absolute atomic E-state index is 0.0851. The van der Waals surface area contributed by atoms with Gasteiger partial charge in [0.05, 0.1) is 6.04 Å². The van der Waals surface area contributed by atoms with Crippen LogP contribution in [0.3, 0.4) is 0 Å². The lowest BCUT2D eigenvalue weighted by atomic mass is 9.71. The molecule has 0 radical (unpaired) electrons. The molecule has 0 spiro atoms. The second kappa shape index (κ2) is 13.5. The number of rotatable bonds is 11. The minimum atomic E-state index is -1.08. The van der Waals surface area contributed by atoms with Crippen molar-refractivity contribution in [3.8, 4) is 0 Å². The number of nitrogens with zero attached hydrogens (tertiary/aromatic N) is 1. The SMILES string of the molecule is CC(c1ccccc1)C1(NC(=O)NC(C(=O)N2CCCC2C(=O)NC(CC2CC2)C(=O)C(N)=O)C(C)(C)C)CCCCC1. The fraction of sp³-hybridized carbons (Fsp3) is 0.667. The molecule has 10 heteroatoms. The van der Waals surface area contributed by atoms with Crippen LogP contribution in [0, 0.1) is 11.3 Å². The van der Waals surface area contributed by atoms with Gasteiger partial charge in [-0.15, -0.1) is 0 Å². The number of urea groups is 1. The first kappa shape index (κ1) is 32.5. The molecule has 0 bridgehead atoms. The highest BCUT2D eigenvalue weighted by Crippen LogP contribution is 2.40. The van der Waals surface area contributed by atoms with Gasteiger partial charge in [-0.2, -0.15) is 0 Å². The molecule has 2 saturated carbocycles. The summed E-state index contributed by atoms with van der Waals surface area (Å²) >= 11 is 0. The van der Waals surface area contributed by atoms with Gasteiger partial charge in [0.2, 0.25) is 17.6 Å². The van der Waals surface area contributed by atoms with Crippen LogP contribution in [0.2, 0.25) is 0 Å². The molecule has 2 aliphatic carbocycles. The van der Waals surface area contributed by atoms with Crippen molar-refractivity contribution in [2.24, 2.45) is 17.1 Å². The van der Waals surface area contributed by atoms with Gasteiger partial charge in [-0.25, -0.2) is 4.79 Å². The van der Waals surface area contributed by atoms with Crippen LogP contribution in [0.4, 0.5) is 4.79 Å². The summed E-state index contributed by atoms with van der Waals surface area (Å²) in [5.41, 5.74) is 5.33. The predicted octanol–water partition coefficient (Wildman–Crippen LogP) is 3.54. The van der Waals surface area contributed by atoms with Gasteiger partial charge in [0, 0.05) is 18.0 Å². The van der Waals surface area contributed by atoms with Crippen molar-refractivity contribution in [3.63, 3.8) is 0 Å². The molecule has 1 aromatic carbocycles. The molecule has 5 N–H and O–H groups in total. The maximum Gasteiger partial charge on any atom is 0.315 e. The van der Waals surface area contributed by atoms with Crippen molar-refractivity contribution < 1.29 is 24.0 Å². The van der Waals surface area contributed by atoms with Crippen molar-refractivity contribution in [1.82, 2.24) is 20.9 Å². The minimum Gasteiger partial charge on any atom is -0.363 e. The summed E-state index contributed by atoms with van der Waals surface area (Å²) in [7, 11) is 0. The van der Waals surface area contributed by atoms with E-state index >= 15 is 0 Å². The van der Waals surface area contributed by atoms with E-state index in [4.69, 9.17) is 5.73 Å². The third-order valence-electron chi connectivity index (χ3n) is 9.61. The standard InChI is InChI=1S/C33H49N5O5/c1-21(23-12-7-5-8-13-23)33(17-9-6-10-18-33)37-31(43)36-27(32(2,3)4)30(42)38-19-11-14-25(38)29(41)35-24(20-22-15-16-22)26(39)28(34)40/h5,7-8,12-13,21-22,24-25,27H,6,9-11,14-20H2,1-4H3,(H2,34,40)(H,35,41)(H2,36,37,43). The van der Waals surface area contributed by atoms with E-state index in [1.54, 1.807) is 0 Å². The number of primary amides is 1. The van der Waals surface area contributed by atoms with Crippen molar-refractivity contribution in [2.75, 3.05) is 6.54 Å². The lowest BCUT2D eigenvalue weighted by molar-refractivity contribution is -0.143. The van der Waals surface area contributed by atoms with Gasteiger partial charge in [0.1, 0.15) is 12.1 Å². The maximum absolute atomic E-state index is 14.0. The number of Topliss-reactive ketones (excluding diaryl/α,β-unsaturated/α-hetero) is 1. The Morgan fingerprint density at radius 3 is 2.19 bits per heavy atom. The number of nitrogens with two attached hydrogens (primary N) is 1. The lowest BCUT2D eigenvalue weighted by Gasteiger charge is -2.44. The van der Waals surface area contributed by atoms with Crippen molar-refractivity contribution in [1.29, 1.82) is 0 Å². The maximum atomic E-state index is 14.0. The summed E-state index contributed by atoms with van der Waals surface area (Å²) in [6.07, 6.45) is 8.16. The normalized spacial score (nSPS) is 22.1. The molecule has 5 amide bonds. The smallest absolute Gasteiger partial charge is 0.315 e. The van der Waals surface area contributed by atoms with E-state index in [0.717, 1.165) is 50.5 Å². The molecule has 1 aromatic rings. The Morgan fingerprint density at radius 2 is 1.60 bits per heavy atom. The fourth-order valence-electron chi connectivity index (χ4n) is 6.78. The van der Waals surface area contributed by atoms with Gasteiger partial charge in [-0.1, -0.05) is 90.1 Å². The van der Waals surface area contributed by atoms with Gasteiger partial charge in [-0.05, 0) is 49.0 Å². The molecule has 4 atom stereocenters. The summed E-state index contributed by atoms with van der Waals surface area (Å²) in [4.78, 5) is 66.7. The molecule has 1 aliphatic heterocycles. The van der Waals surface area contributed by atoms with Crippen LogP contribution >= 0.6 is 0 Å². The predicted molar refractivity (Wildman–Crippen MR) is 164 cm³/mol. The average Bonchev–Trinajstić information content (AvgIpc) is 3.65. The van der Waals surface area contributed by atoms with E-state index in [1.165, 1.54) is 4.90 Å². The number of carbonyl (C=O) groups is 5. The van der Waals surface area contributed by atoms with Gasteiger partial charge in [-0.3, -0.25) is 19.2 Å². The monoisotopic (exact) mass is 595 g/mol. The fourth-order valence-corrected chi connectivity index (χ4v) is 6.78. The first-order chi connectivity index (χ1) is 20.3. The van der Waals surface area contributed by atoms with Crippen LogP contribution in [0.1, 0.15) is 103 Å². The van der Waals surface area contributed by atoms with Gasteiger partial charge in [0.25, 0.3) is 5.91 Å². The number of benzene rings is 1. The van der Waals surface area contributed by atoms with Gasteiger partial charge in [0.15, 0.2) is 0 Å². The largest absolute Gasteiger partial charge is 0.363 e. The molecule has 1 saturated heterocycles. The summed E-state index contributed by atoms with van der Waals surface area (Å²) < 4.78 is 0. The number of likely N-dealkylation sites (tertiary alicyclic amines) is 1. The number of ketones is 1. The summed E-state index contributed by atoms with van der Waals surface area (Å²) in [5.74, 6) is -2.34. The number of carbonyl (C=O) groups excluding carboxylic acids is 5. The first-order valence-electron chi connectivity index (χ1n) is 15.9. The molecule has 3 fully saturated rings. The van der Waals surface area contributed by atoms with E-state index in [2.05, 4.69) is 35.0 Å². The highest BCUT2D eigenvalue weighted by Gasteiger charge is 2.45. The Balaban J connectivity index is 1.48. The van der Waals surface area contributed by atoms with Crippen molar-refractivity contribution in [3.05, 3.63) is 35.9 Å². The average molecular weight is 596 g/mol. The van der Waals surface area contributed by atoms with Gasteiger partial charge >= 0.3 is 6.03 Å². The van der Waals surface area contributed by atoms with Crippen LogP contribution < -0.4 is 21.7 Å². The lowest BCUT2D eigenvalue weighted by Crippen LogP contribution is -2.63. The molecule has 10 nitrogen and oxygen atoms in total. The zero-order valence-corrected chi connectivity index (χ0v) is 26.1. The zero-order chi connectivity index (χ0) is 31.4. The second-order valence-corrected chi connectivity index (χ2v) is 13.9. The molecule has 4 rings (SSSR count). The van der Waals surface area contributed by atoms with E-state index in [-0.39, 0.29) is 17.7 Å². The Hall–Kier alpha value is -3.43. The molecule has 0 aromatic heterocycles. The highest BCUT2D eigenvalue weighted by atomic mass is 16.2. The zero-order valence-electron chi connectivity index (χ0n) is 26.1. The third kappa shape index (κ3) is 7.95. The molecule has 3 aliphatic rings. The van der Waals surface area contributed by atoms with Crippen LogP contribution in [-0.4, -0.2) is 64.6 Å². The van der Waals surface area contributed by atoms with Crippen LogP contribution in [0.25, 0.3) is 0 Å². The topological polar surface area (TPSA) is 151 Å². The summed E-state index contributed by atoms with van der Waals surface area (Å²) in [6.45, 7) is 8.18. The summed E-state index contributed by atoms with van der Waals surface area (Å²) in [5, 5.41) is 9.02. The van der Waals surface area contributed by atoms with E-state index in [1.807, 2.05) is 39.0 Å². The molecule has 43 heavy (non-hydrogen) atoms. The molecular weight excluding hydrogens is 546 g/mol. The number of hydrogen-bond acceptors (Lipinski definition) is 5. The van der Waals surface area contributed by atoms with E-state index < -0.39 is 52.7 Å². The van der Waals surface area contributed by atoms with Crippen molar-refractivity contribution >= 4 is 29.5 Å². The second-order valence-electron chi connectivity index (χ2n) is 13.9. The van der Waals surface area contributed by atoms with E-state index in [9.17, 15) is 24.0 Å². The number of amides is 5. The summed E-state index contributed by atoms with van der Waals surface area (Å²) in [6, 6.07) is 7.12. The number of hydrogen-bond donors (Lipinski definition) is 4.